The second-order valence-corrected chi connectivity index (χ2v) is 6.29. The van der Waals surface area contributed by atoms with E-state index in [1.54, 1.807) is 26.2 Å². The van der Waals surface area contributed by atoms with Crippen LogP contribution in [0, 0.1) is 0 Å². The summed E-state index contributed by atoms with van der Waals surface area (Å²) < 4.78 is 10.7. The van der Waals surface area contributed by atoms with E-state index in [0.717, 1.165) is 12.8 Å². The third-order valence-corrected chi connectivity index (χ3v) is 4.52. The topological polar surface area (TPSA) is 67.9 Å². The van der Waals surface area contributed by atoms with E-state index in [2.05, 4.69) is 5.32 Å². The first-order valence-corrected chi connectivity index (χ1v) is 8.91. The molecule has 2 amide bonds. The van der Waals surface area contributed by atoms with Gasteiger partial charge >= 0.3 is 0 Å². The highest BCUT2D eigenvalue weighted by Gasteiger charge is 2.22. The van der Waals surface area contributed by atoms with Crippen LogP contribution in [-0.2, 0) is 9.59 Å². The molecule has 0 aliphatic heterocycles. The van der Waals surface area contributed by atoms with Gasteiger partial charge in [0.25, 0.3) is 5.91 Å². The molecular formula is C19H28N2O4. The minimum atomic E-state index is -0.210. The molecule has 0 aromatic heterocycles. The Bertz CT molecular complexity index is 570. The standard InChI is InChI=1S/C19H28N2O4/c1-15(22)21(16-8-4-3-5-9-16)13-12-20-19(23)14-25-18-11-7-6-10-17(18)24-2/h6-7,10-11,16H,3-5,8-9,12-14H2,1-2H3,(H,20,23). The number of nitrogens with one attached hydrogen (secondary N) is 1. The maximum Gasteiger partial charge on any atom is 0.258 e. The minimum Gasteiger partial charge on any atom is -0.493 e. The van der Waals surface area contributed by atoms with Gasteiger partial charge in [-0.15, -0.1) is 0 Å². The van der Waals surface area contributed by atoms with Crippen LogP contribution in [0.4, 0.5) is 0 Å². The van der Waals surface area contributed by atoms with Gasteiger partial charge in [0, 0.05) is 26.1 Å². The van der Waals surface area contributed by atoms with Crippen LogP contribution >= 0.6 is 0 Å². The number of benzene rings is 1. The first-order valence-electron chi connectivity index (χ1n) is 8.91. The predicted octanol–water partition coefficient (Wildman–Crippen LogP) is 2.37. The molecule has 1 aromatic rings. The van der Waals surface area contributed by atoms with Gasteiger partial charge in [-0.05, 0) is 25.0 Å². The average Bonchev–Trinajstić information content (AvgIpc) is 2.64. The summed E-state index contributed by atoms with van der Waals surface area (Å²) in [4.78, 5) is 25.7. The molecule has 0 unspecified atom stereocenters. The summed E-state index contributed by atoms with van der Waals surface area (Å²) in [6, 6.07) is 7.51. The molecule has 1 N–H and O–H groups in total. The van der Waals surface area contributed by atoms with Crippen molar-refractivity contribution in [2.24, 2.45) is 0 Å². The first-order chi connectivity index (χ1) is 12.1. The van der Waals surface area contributed by atoms with Gasteiger partial charge in [0.15, 0.2) is 18.1 Å². The summed E-state index contributed by atoms with van der Waals surface area (Å²) in [7, 11) is 1.56. The molecule has 0 atom stereocenters. The van der Waals surface area contributed by atoms with E-state index in [1.165, 1.54) is 19.3 Å². The van der Waals surface area contributed by atoms with E-state index in [4.69, 9.17) is 9.47 Å². The number of para-hydroxylation sites is 2. The Hall–Kier alpha value is -2.24. The Morgan fingerprint density at radius 1 is 1.16 bits per heavy atom. The number of carbonyl (C=O) groups is 2. The highest BCUT2D eigenvalue weighted by Crippen LogP contribution is 2.25. The smallest absolute Gasteiger partial charge is 0.258 e. The molecule has 1 fully saturated rings. The van der Waals surface area contributed by atoms with Crippen molar-refractivity contribution in [2.45, 2.75) is 45.1 Å². The first kappa shape index (κ1) is 19.1. The molecular weight excluding hydrogens is 320 g/mol. The van der Waals surface area contributed by atoms with Crippen LogP contribution in [0.15, 0.2) is 24.3 Å². The van der Waals surface area contributed by atoms with Crippen molar-refractivity contribution in [3.05, 3.63) is 24.3 Å². The summed E-state index contributed by atoms with van der Waals surface area (Å²) in [5, 5.41) is 2.82. The van der Waals surface area contributed by atoms with Gasteiger partial charge in [-0.1, -0.05) is 31.4 Å². The van der Waals surface area contributed by atoms with Gasteiger partial charge < -0.3 is 19.7 Å². The van der Waals surface area contributed by atoms with Crippen molar-refractivity contribution in [2.75, 3.05) is 26.8 Å². The molecule has 2 rings (SSSR count). The van der Waals surface area contributed by atoms with Gasteiger partial charge in [-0.2, -0.15) is 0 Å². The minimum absolute atomic E-state index is 0.0754. The molecule has 6 nitrogen and oxygen atoms in total. The molecule has 0 saturated heterocycles. The number of methoxy groups -OCH3 is 1. The lowest BCUT2D eigenvalue weighted by Gasteiger charge is -2.33. The molecule has 6 heteroatoms. The maximum absolute atomic E-state index is 12.0. The zero-order chi connectivity index (χ0) is 18.1. The number of carbonyl (C=O) groups excluding carboxylic acids is 2. The van der Waals surface area contributed by atoms with E-state index in [1.807, 2.05) is 17.0 Å². The second-order valence-electron chi connectivity index (χ2n) is 6.29. The van der Waals surface area contributed by atoms with Crippen LogP contribution in [0.1, 0.15) is 39.0 Å². The molecule has 0 radical (unpaired) electrons. The fraction of sp³-hybridized carbons (Fsp3) is 0.579. The van der Waals surface area contributed by atoms with Crippen molar-refractivity contribution >= 4 is 11.8 Å². The van der Waals surface area contributed by atoms with Crippen LogP contribution < -0.4 is 14.8 Å². The lowest BCUT2D eigenvalue weighted by Crippen LogP contribution is -2.45. The lowest BCUT2D eigenvalue weighted by molar-refractivity contribution is -0.132. The summed E-state index contributed by atoms with van der Waals surface area (Å²) in [5.41, 5.74) is 0. The summed E-state index contributed by atoms with van der Waals surface area (Å²) in [5.74, 6) is 0.993. The van der Waals surface area contributed by atoms with Crippen LogP contribution in [0.25, 0.3) is 0 Å². The number of amides is 2. The number of hydrogen-bond acceptors (Lipinski definition) is 4. The zero-order valence-corrected chi connectivity index (χ0v) is 15.1. The molecule has 1 aromatic carbocycles. The Balaban J connectivity index is 1.74. The zero-order valence-electron chi connectivity index (χ0n) is 15.1. The van der Waals surface area contributed by atoms with Crippen molar-refractivity contribution in [3.8, 4) is 11.5 Å². The van der Waals surface area contributed by atoms with Crippen molar-refractivity contribution < 1.29 is 19.1 Å². The fourth-order valence-corrected chi connectivity index (χ4v) is 3.24. The molecule has 25 heavy (non-hydrogen) atoms. The van der Waals surface area contributed by atoms with E-state index >= 15 is 0 Å². The van der Waals surface area contributed by atoms with Crippen molar-refractivity contribution in [3.63, 3.8) is 0 Å². The highest BCUT2D eigenvalue weighted by atomic mass is 16.5. The summed E-state index contributed by atoms with van der Waals surface area (Å²) >= 11 is 0. The van der Waals surface area contributed by atoms with Crippen LogP contribution in [-0.4, -0.2) is 49.6 Å². The van der Waals surface area contributed by atoms with Gasteiger partial charge in [0.2, 0.25) is 5.91 Å². The maximum atomic E-state index is 12.0. The highest BCUT2D eigenvalue weighted by molar-refractivity contribution is 5.78. The molecule has 0 bridgehead atoms. The molecule has 1 aliphatic carbocycles. The largest absolute Gasteiger partial charge is 0.493 e. The Kier molecular flexibility index (Phi) is 7.57. The monoisotopic (exact) mass is 348 g/mol. The molecule has 138 valence electrons. The van der Waals surface area contributed by atoms with E-state index in [9.17, 15) is 9.59 Å². The Labute approximate surface area is 149 Å². The van der Waals surface area contributed by atoms with Crippen LogP contribution in [0.3, 0.4) is 0 Å². The van der Waals surface area contributed by atoms with Crippen LogP contribution in [0.5, 0.6) is 11.5 Å². The lowest BCUT2D eigenvalue weighted by atomic mass is 9.94. The number of rotatable bonds is 8. The number of hydrogen-bond donors (Lipinski definition) is 1. The normalized spacial score (nSPS) is 14.6. The summed E-state index contributed by atoms with van der Waals surface area (Å²) in [6.07, 6.45) is 5.72. The molecule has 0 spiro atoms. The third kappa shape index (κ3) is 5.96. The van der Waals surface area contributed by atoms with E-state index in [0.29, 0.717) is 30.6 Å². The molecule has 1 aliphatic rings. The van der Waals surface area contributed by atoms with Gasteiger partial charge in [0.1, 0.15) is 0 Å². The number of ether oxygens (including phenoxy) is 2. The SMILES string of the molecule is COc1ccccc1OCC(=O)NCCN(C(C)=O)C1CCCCC1. The molecule has 1 saturated carbocycles. The van der Waals surface area contributed by atoms with Gasteiger partial charge in [-0.25, -0.2) is 0 Å². The van der Waals surface area contributed by atoms with E-state index in [-0.39, 0.29) is 18.4 Å². The van der Waals surface area contributed by atoms with Crippen molar-refractivity contribution in [1.29, 1.82) is 0 Å². The number of nitrogens with zero attached hydrogens (tertiary/aromatic N) is 1. The Morgan fingerprint density at radius 3 is 2.48 bits per heavy atom. The average molecular weight is 348 g/mol. The Morgan fingerprint density at radius 2 is 1.84 bits per heavy atom. The van der Waals surface area contributed by atoms with Crippen molar-refractivity contribution in [1.82, 2.24) is 10.2 Å². The predicted molar refractivity (Wildman–Crippen MR) is 95.8 cm³/mol. The summed E-state index contributed by atoms with van der Waals surface area (Å²) in [6.45, 7) is 2.50. The van der Waals surface area contributed by atoms with Gasteiger partial charge in [0.05, 0.1) is 7.11 Å². The van der Waals surface area contributed by atoms with Gasteiger partial charge in [-0.3, -0.25) is 9.59 Å². The molecule has 0 heterocycles. The second kappa shape index (κ2) is 9.91. The van der Waals surface area contributed by atoms with Crippen LogP contribution in [0.2, 0.25) is 0 Å². The fourth-order valence-electron chi connectivity index (χ4n) is 3.24. The quantitative estimate of drug-likeness (QED) is 0.783. The third-order valence-electron chi connectivity index (χ3n) is 4.52. The van der Waals surface area contributed by atoms with E-state index < -0.39 is 0 Å².